The lowest BCUT2D eigenvalue weighted by atomic mass is 10.2. The summed E-state index contributed by atoms with van der Waals surface area (Å²) in [6.45, 7) is 6.83. The van der Waals surface area contributed by atoms with Crippen molar-refractivity contribution >= 4 is 17.7 Å². The molecule has 1 aromatic rings. The van der Waals surface area contributed by atoms with E-state index in [4.69, 9.17) is 4.74 Å². The predicted octanol–water partition coefficient (Wildman–Crippen LogP) is 2.44. The van der Waals surface area contributed by atoms with Crippen molar-refractivity contribution < 1.29 is 14.3 Å². The Morgan fingerprint density at radius 3 is 2.75 bits per heavy atom. The lowest BCUT2D eigenvalue weighted by Gasteiger charge is -2.07. The number of aliphatic imine (C=N–C) groups is 1. The van der Waals surface area contributed by atoms with E-state index in [1.54, 1.807) is 26.0 Å². The van der Waals surface area contributed by atoms with Crippen LogP contribution in [0.25, 0.3) is 0 Å². The van der Waals surface area contributed by atoms with E-state index in [9.17, 15) is 9.59 Å². The van der Waals surface area contributed by atoms with Gasteiger partial charge < -0.3 is 4.74 Å². The van der Waals surface area contributed by atoms with E-state index >= 15 is 0 Å². The van der Waals surface area contributed by atoms with E-state index in [-0.39, 0.29) is 0 Å². The Labute approximate surface area is 93.3 Å². The van der Waals surface area contributed by atoms with E-state index in [1.165, 1.54) is 12.1 Å². The van der Waals surface area contributed by atoms with Gasteiger partial charge in [-0.1, -0.05) is 12.6 Å². The maximum Gasteiger partial charge on any atom is 0.338 e. The van der Waals surface area contributed by atoms with Crippen LogP contribution in [0.5, 0.6) is 5.75 Å². The molecule has 0 aromatic heterocycles. The van der Waals surface area contributed by atoms with Crippen molar-refractivity contribution in [2.75, 3.05) is 0 Å². The fourth-order valence-corrected chi connectivity index (χ4v) is 1.01. The Morgan fingerprint density at radius 2 is 2.19 bits per heavy atom. The van der Waals surface area contributed by atoms with Gasteiger partial charge in [0.25, 0.3) is 0 Å². The quantitative estimate of drug-likeness (QED) is 0.257. The highest BCUT2D eigenvalue weighted by Gasteiger charge is 2.08. The van der Waals surface area contributed by atoms with Gasteiger partial charge in [-0.05, 0) is 25.5 Å². The minimum absolute atomic E-state index is 0.309. The van der Waals surface area contributed by atoms with Crippen molar-refractivity contribution in [1.29, 1.82) is 0 Å². The smallest absolute Gasteiger partial charge is 0.338 e. The van der Waals surface area contributed by atoms with Crippen molar-refractivity contribution in [2.24, 2.45) is 4.99 Å². The summed E-state index contributed by atoms with van der Waals surface area (Å²) in [5.74, 6) is -0.139. The van der Waals surface area contributed by atoms with Crippen LogP contribution in [0, 0.1) is 6.92 Å². The maximum absolute atomic E-state index is 11.3. The number of ether oxygens (including phenoxy) is 1. The Balaban J connectivity index is 3.03. The third-order valence-corrected chi connectivity index (χ3v) is 1.90. The van der Waals surface area contributed by atoms with Gasteiger partial charge in [-0.3, -0.25) is 0 Å². The average Bonchev–Trinajstić information content (AvgIpc) is 2.23. The van der Waals surface area contributed by atoms with Crippen LogP contribution in [0.1, 0.15) is 12.5 Å². The first-order valence-corrected chi connectivity index (χ1v) is 4.61. The van der Waals surface area contributed by atoms with Gasteiger partial charge in [0.1, 0.15) is 5.75 Å². The highest BCUT2D eigenvalue weighted by molar-refractivity contribution is 5.89. The van der Waals surface area contributed by atoms with Gasteiger partial charge in [-0.2, -0.15) is 4.99 Å². The molecule has 4 nitrogen and oxygen atoms in total. The van der Waals surface area contributed by atoms with Gasteiger partial charge in [0.2, 0.25) is 6.08 Å². The molecule has 0 amide bonds. The summed E-state index contributed by atoms with van der Waals surface area (Å²) < 4.78 is 5.07. The molecular weight excluding hydrogens is 206 g/mol. The molecule has 0 saturated carbocycles. The summed E-state index contributed by atoms with van der Waals surface area (Å²) in [4.78, 5) is 24.8. The zero-order chi connectivity index (χ0) is 12.1. The highest BCUT2D eigenvalue weighted by Crippen LogP contribution is 2.24. The largest absolute Gasteiger partial charge is 0.423 e. The molecule has 16 heavy (non-hydrogen) atoms. The van der Waals surface area contributed by atoms with Crippen LogP contribution in [0.4, 0.5) is 5.69 Å². The third-order valence-electron chi connectivity index (χ3n) is 1.90. The van der Waals surface area contributed by atoms with Crippen molar-refractivity contribution in [2.45, 2.75) is 13.8 Å². The summed E-state index contributed by atoms with van der Waals surface area (Å²) >= 11 is 0. The molecule has 0 radical (unpaired) electrons. The van der Waals surface area contributed by atoms with E-state index < -0.39 is 5.97 Å². The second-order valence-electron chi connectivity index (χ2n) is 3.32. The van der Waals surface area contributed by atoms with Gasteiger partial charge in [0.15, 0.2) is 0 Å². The average molecular weight is 217 g/mol. The van der Waals surface area contributed by atoms with Crippen molar-refractivity contribution in [3.8, 4) is 5.75 Å². The topological polar surface area (TPSA) is 55.7 Å². The third kappa shape index (κ3) is 2.90. The van der Waals surface area contributed by atoms with Crippen LogP contribution in [-0.4, -0.2) is 12.0 Å². The fraction of sp³-hybridized carbons (Fsp3) is 0.167. The van der Waals surface area contributed by atoms with Crippen LogP contribution < -0.4 is 4.74 Å². The molecular formula is C12H11NO3. The molecule has 0 aliphatic carbocycles. The van der Waals surface area contributed by atoms with Crippen molar-refractivity contribution in [3.63, 3.8) is 0 Å². The summed E-state index contributed by atoms with van der Waals surface area (Å²) in [5, 5.41) is 0. The Bertz CT molecular complexity index is 485. The van der Waals surface area contributed by atoms with Gasteiger partial charge in [0, 0.05) is 11.6 Å². The van der Waals surface area contributed by atoms with Crippen LogP contribution in [-0.2, 0) is 9.59 Å². The summed E-state index contributed by atoms with van der Waals surface area (Å²) in [7, 11) is 0. The molecule has 0 bridgehead atoms. The Kier molecular flexibility index (Phi) is 3.75. The molecule has 0 aliphatic heterocycles. The Hall–Kier alpha value is -2.19. The van der Waals surface area contributed by atoms with Crippen LogP contribution in [0.15, 0.2) is 35.3 Å². The zero-order valence-electron chi connectivity index (χ0n) is 9.11. The van der Waals surface area contributed by atoms with E-state index in [0.717, 1.165) is 5.56 Å². The first kappa shape index (κ1) is 11.9. The standard InChI is InChI=1S/C12H11NO3/c1-8(2)12(15)16-11-6-10(13-7-14)5-4-9(11)3/h4-6H,1H2,2-3H3. The lowest BCUT2D eigenvalue weighted by Crippen LogP contribution is -2.08. The minimum Gasteiger partial charge on any atom is -0.423 e. The second kappa shape index (κ2) is 5.05. The number of benzene rings is 1. The van der Waals surface area contributed by atoms with Crippen molar-refractivity contribution in [3.05, 3.63) is 35.9 Å². The van der Waals surface area contributed by atoms with E-state index in [1.807, 2.05) is 0 Å². The number of carbonyl (C=O) groups excluding carboxylic acids is 2. The monoisotopic (exact) mass is 217 g/mol. The van der Waals surface area contributed by atoms with Gasteiger partial charge in [-0.25, -0.2) is 9.59 Å². The summed E-state index contributed by atoms with van der Waals surface area (Å²) in [6.07, 6.45) is 1.42. The molecule has 0 fully saturated rings. The van der Waals surface area contributed by atoms with E-state index in [0.29, 0.717) is 17.0 Å². The predicted molar refractivity (Wildman–Crippen MR) is 59.4 cm³/mol. The summed E-state index contributed by atoms with van der Waals surface area (Å²) in [6, 6.07) is 4.84. The molecule has 0 aliphatic rings. The SMILES string of the molecule is C=C(C)C(=O)Oc1cc(N=C=O)ccc1C. The first-order chi connectivity index (χ1) is 7.54. The minimum atomic E-state index is -0.504. The van der Waals surface area contributed by atoms with Gasteiger partial charge >= 0.3 is 5.97 Å². The molecule has 0 unspecified atom stereocenters. The number of esters is 1. The van der Waals surface area contributed by atoms with Crippen LogP contribution in [0.3, 0.4) is 0 Å². The molecule has 0 atom stereocenters. The maximum atomic E-state index is 11.3. The molecule has 0 N–H and O–H groups in total. The molecule has 4 heteroatoms. The zero-order valence-corrected chi connectivity index (χ0v) is 9.11. The highest BCUT2D eigenvalue weighted by atomic mass is 16.5. The number of aryl methyl sites for hydroxylation is 1. The van der Waals surface area contributed by atoms with Gasteiger partial charge in [0.05, 0.1) is 5.69 Å². The second-order valence-corrected chi connectivity index (χ2v) is 3.32. The number of nitrogens with zero attached hydrogens (tertiary/aromatic N) is 1. The Morgan fingerprint density at radius 1 is 1.50 bits per heavy atom. The summed E-state index contributed by atoms with van der Waals surface area (Å²) in [5.41, 5.74) is 1.48. The molecule has 82 valence electrons. The van der Waals surface area contributed by atoms with E-state index in [2.05, 4.69) is 11.6 Å². The first-order valence-electron chi connectivity index (χ1n) is 4.61. The normalized spacial score (nSPS) is 9.12. The van der Waals surface area contributed by atoms with Crippen molar-refractivity contribution in [1.82, 2.24) is 0 Å². The molecule has 1 aromatic carbocycles. The number of hydrogen-bond acceptors (Lipinski definition) is 4. The molecule has 0 saturated heterocycles. The number of rotatable bonds is 3. The van der Waals surface area contributed by atoms with Crippen LogP contribution in [0.2, 0.25) is 0 Å². The van der Waals surface area contributed by atoms with Crippen LogP contribution >= 0.6 is 0 Å². The molecule has 0 heterocycles. The fourth-order valence-electron chi connectivity index (χ4n) is 1.01. The number of isocyanates is 1. The molecule has 1 rings (SSSR count). The number of hydrogen-bond donors (Lipinski definition) is 0. The lowest BCUT2D eigenvalue weighted by molar-refractivity contribution is -0.130. The molecule has 0 spiro atoms. The van der Waals surface area contributed by atoms with Gasteiger partial charge in [-0.15, -0.1) is 0 Å². The number of carbonyl (C=O) groups is 1.